The van der Waals surface area contributed by atoms with E-state index in [2.05, 4.69) is 25.6 Å². The minimum absolute atomic E-state index is 0.141. The van der Waals surface area contributed by atoms with E-state index in [4.69, 9.17) is 4.52 Å². The number of carbonyl (C=O) groups excluding carboxylic acids is 1. The monoisotopic (exact) mass is 413 g/mol. The van der Waals surface area contributed by atoms with Crippen LogP contribution in [0.1, 0.15) is 25.0 Å². The van der Waals surface area contributed by atoms with E-state index < -0.39 is 0 Å². The molecule has 3 heterocycles. The molecule has 31 heavy (non-hydrogen) atoms. The van der Waals surface area contributed by atoms with Gasteiger partial charge in [0.15, 0.2) is 11.4 Å². The number of anilines is 2. The van der Waals surface area contributed by atoms with Gasteiger partial charge in [-0.15, -0.1) is 10.2 Å². The normalized spacial score (nSPS) is 14.0. The number of rotatable bonds is 5. The van der Waals surface area contributed by atoms with Gasteiger partial charge in [0.1, 0.15) is 5.69 Å². The summed E-state index contributed by atoms with van der Waals surface area (Å²) in [5.41, 5.74) is 3.81. The first-order chi connectivity index (χ1) is 15.3. The van der Waals surface area contributed by atoms with Crippen LogP contribution in [0, 0.1) is 0 Å². The van der Waals surface area contributed by atoms with Crippen LogP contribution < -0.4 is 10.2 Å². The van der Waals surface area contributed by atoms with Gasteiger partial charge < -0.3 is 14.7 Å². The lowest BCUT2D eigenvalue weighted by molar-refractivity contribution is -0.115. The number of fused-ring (bicyclic) bond motifs is 1. The predicted molar refractivity (Wildman–Crippen MR) is 120 cm³/mol. The second-order valence-corrected chi connectivity index (χ2v) is 7.75. The molecule has 7 heteroatoms. The van der Waals surface area contributed by atoms with Crippen molar-refractivity contribution in [1.29, 1.82) is 0 Å². The molecular formula is C24H23N5O2. The summed E-state index contributed by atoms with van der Waals surface area (Å²) in [5.74, 6) is 0.796. The van der Waals surface area contributed by atoms with Crippen molar-refractivity contribution in [3.63, 3.8) is 0 Å². The lowest BCUT2D eigenvalue weighted by atomic mass is 10.1. The van der Waals surface area contributed by atoms with Gasteiger partial charge in [-0.2, -0.15) is 0 Å². The first-order valence-electron chi connectivity index (χ1n) is 10.6. The molecule has 2 aromatic heterocycles. The maximum Gasteiger partial charge on any atom is 0.230 e. The largest absolute Gasteiger partial charge is 0.356 e. The number of benzene rings is 2. The number of hydrogen-bond acceptors (Lipinski definition) is 6. The van der Waals surface area contributed by atoms with E-state index in [1.54, 1.807) is 0 Å². The van der Waals surface area contributed by atoms with Gasteiger partial charge in [0, 0.05) is 29.7 Å². The van der Waals surface area contributed by atoms with Crippen LogP contribution in [-0.2, 0) is 11.2 Å². The Hall–Kier alpha value is -3.74. The third-order valence-corrected chi connectivity index (χ3v) is 5.58. The smallest absolute Gasteiger partial charge is 0.230 e. The molecule has 1 saturated heterocycles. The van der Waals surface area contributed by atoms with Gasteiger partial charge in [0.2, 0.25) is 5.91 Å². The van der Waals surface area contributed by atoms with Crippen molar-refractivity contribution in [2.24, 2.45) is 0 Å². The van der Waals surface area contributed by atoms with Gasteiger partial charge in [-0.1, -0.05) is 29.4 Å². The molecule has 0 atom stereocenters. The van der Waals surface area contributed by atoms with Gasteiger partial charge in [-0.05, 0) is 55.7 Å². The maximum absolute atomic E-state index is 12.4. The number of piperidine rings is 1. The Kier molecular flexibility index (Phi) is 5.31. The summed E-state index contributed by atoms with van der Waals surface area (Å²) in [7, 11) is 0. The van der Waals surface area contributed by atoms with Crippen molar-refractivity contribution >= 4 is 28.4 Å². The molecule has 0 bridgehead atoms. The van der Waals surface area contributed by atoms with Crippen LogP contribution in [0.25, 0.3) is 22.2 Å². The van der Waals surface area contributed by atoms with Crippen molar-refractivity contribution in [2.45, 2.75) is 25.7 Å². The summed E-state index contributed by atoms with van der Waals surface area (Å²) >= 11 is 0. The van der Waals surface area contributed by atoms with Gasteiger partial charge in [0.05, 0.1) is 12.1 Å². The Bertz CT molecular complexity index is 1180. The summed E-state index contributed by atoms with van der Waals surface area (Å²) in [6.07, 6.45) is 3.87. The number of para-hydroxylation sites is 1. The molecule has 0 aliphatic carbocycles. The van der Waals surface area contributed by atoms with E-state index in [0.29, 0.717) is 11.3 Å². The molecule has 156 valence electrons. The standard InChI is InChI=1S/C24H23N5O2/c30-24(16-21-19-6-2-3-7-22(19)31-28-21)25-18-10-8-17(9-11-18)20-12-13-23(27-26-20)29-14-4-1-5-15-29/h2-3,6-13H,1,4-5,14-16H2,(H,25,30). The van der Waals surface area contributed by atoms with E-state index in [1.165, 1.54) is 19.3 Å². The molecule has 0 saturated carbocycles. The van der Waals surface area contributed by atoms with Gasteiger partial charge in [0.25, 0.3) is 0 Å². The minimum atomic E-state index is -0.141. The molecule has 4 aromatic rings. The van der Waals surface area contributed by atoms with E-state index in [-0.39, 0.29) is 12.3 Å². The summed E-state index contributed by atoms with van der Waals surface area (Å²) in [4.78, 5) is 14.7. The van der Waals surface area contributed by atoms with Gasteiger partial charge in [-0.25, -0.2) is 0 Å². The third-order valence-electron chi connectivity index (χ3n) is 5.58. The Balaban J connectivity index is 1.23. The Morgan fingerprint density at radius 1 is 0.935 bits per heavy atom. The summed E-state index contributed by atoms with van der Waals surface area (Å²) in [6, 6.07) is 19.2. The number of nitrogens with zero attached hydrogens (tertiary/aromatic N) is 4. The Labute approximate surface area is 180 Å². The lowest BCUT2D eigenvalue weighted by Crippen LogP contribution is -2.30. The van der Waals surface area contributed by atoms with Crippen molar-refractivity contribution in [2.75, 3.05) is 23.3 Å². The molecule has 2 aromatic carbocycles. The average molecular weight is 413 g/mol. The van der Waals surface area contributed by atoms with E-state index in [0.717, 1.165) is 41.2 Å². The average Bonchev–Trinajstić information content (AvgIpc) is 3.23. The highest BCUT2D eigenvalue weighted by atomic mass is 16.5. The fourth-order valence-corrected chi connectivity index (χ4v) is 3.92. The SMILES string of the molecule is O=C(Cc1noc2ccccc12)Nc1ccc(-c2ccc(N3CCCCC3)nn2)cc1. The molecular weight excluding hydrogens is 390 g/mol. The van der Waals surface area contributed by atoms with Crippen LogP contribution in [0.3, 0.4) is 0 Å². The molecule has 1 amide bonds. The van der Waals surface area contributed by atoms with E-state index >= 15 is 0 Å². The zero-order valence-corrected chi connectivity index (χ0v) is 17.1. The zero-order chi connectivity index (χ0) is 21.0. The number of nitrogens with one attached hydrogen (secondary N) is 1. The lowest BCUT2D eigenvalue weighted by Gasteiger charge is -2.27. The third kappa shape index (κ3) is 4.26. The zero-order valence-electron chi connectivity index (χ0n) is 17.1. The number of hydrogen-bond donors (Lipinski definition) is 1. The first-order valence-corrected chi connectivity index (χ1v) is 10.6. The van der Waals surface area contributed by atoms with Crippen LogP contribution >= 0.6 is 0 Å². The molecule has 5 rings (SSSR count). The Morgan fingerprint density at radius 3 is 2.52 bits per heavy atom. The van der Waals surface area contributed by atoms with Crippen LogP contribution in [0.2, 0.25) is 0 Å². The molecule has 0 radical (unpaired) electrons. The molecule has 1 N–H and O–H groups in total. The maximum atomic E-state index is 12.4. The summed E-state index contributed by atoms with van der Waals surface area (Å²) < 4.78 is 5.27. The molecule has 1 aliphatic heterocycles. The molecule has 0 unspecified atom stereocenters. The number of amides is 1. The fourth-order valence-electron chi connectivity index (χ4n) is 3.92. The topological polar surface area (TPSA) is 84.2 Å². The minimum Gasteiger partial charge on any atom is -0.356 e. The van der Waals surface area contributed by atoms with E-state index in [9.17, 15) is 4.79 Å². The van der Waals surface area contributed by atoms with Gasteiger partial charge >= 0.3 is 0 Å². The second-order valence-electron chi connectivity index (χ2n) is 7.75. The summed E-state index contributed by atoms with van der Waals surface area (Å²) in [6.45, 7) is 2.10. The van der Waals surface area contributed by atoms with Crippen LogP contribution in [0.4, 0.5) is 11.5 Å². The number of aromatic nitrogens is 3. The molecule has 7 nitrogen and oxygen atoms in total. The fraction of sp³-hybridized carbons (Fsp3) is 0.250. The molecule has 1 fully saturated rings. The quantitative estimate of drug-likeness (QED) is 0.520. The van der Waals surface area contributed by atoms with Crippen molar-refractivity contribution in [1.82, 2.24) is 15.4 Å². The van der Waals surface area contributed by atoms with Crippen LogP contribution in [-0.4, -0.2) is 34.4 Å². The van der Waals surface area contributed by atoms with Crippen LogP contribution in [0.15, 0.2) is 65.2 Å². The predicted octanol–water partition coefficient (Wildman–Crippen LogP) is 4.46. The van der Waals surface area contributed by atoms with Crippen LogP contribution in [0.5, 0.6) is 0 Å². The highest BCUT2D eigenvalue weighted by Crippen LogP contribution is 2.23. The van der Waals surface area contributed by atoms with Crippen molar-refractivity contribution < 1.29 is 9.32 Å². The number of carbonyl (C=O) groups is 1. The highest BCUT2D eigenvalue weighted by molar-refractivity contribution is 5.94. The van der Waals surface area contributed by atoms with Crippen molar-refractivity contribution in [3.8, 4) is 11.3 Å². The van der Waals surface area contributed by atoms with Gasteiger partial charge in [-0.3, -0.25) is 4.79 Å². The molecule has 0 spiro atoms. The summed E-state index contributed by atoms with van der Waals surface area (Å²) in [5, 5.41) is 16.6. The molecule has 1 aliphatic rings. The first kappa shape index (κ1) is 19.2. The van der Waals surface area contributed by atoms with Crippen molar-refractivity contribution in [3.05, 3.63) is 66.4 Å². The second kappa shape index (κ2) is 8.55. The Morgan fingerprint density at radius 2 is 1.74 bits per heavy atom. The highest BCUT2D eigenvalue weighted by Gasteiger charge is 2.14. The van der Waals surface area contributed by atoms with E-state index in [1.807, 2.05) is 60.7 Å².